The van der Waals surface area contributed by atoms with E-state index >= 15 is 0 Å². The van der Waals surface area contributed by atoms with Gasteiger partial charge in [0.15, 0.2) is 5.65 Å². The van der Waals surface area contributed by atoms with E-state index in [1.54, 1.807) is 25.3 Å². The van der Waals surface area contributed by atoms with Crippen LogP contribution in [0.4, 0.5) is 5.82 Å². The van der Waals surface area contributed by atoms with Crippen LogP contribution >= 0.6 is 0 Å². The normalized spacial score (nSPS) is 17.0. The second kappa shape index (κ2) is 6.29. The van der Waals surface area contributed by atoms with Crippen molar-refractivity contribution in [2.75, 3.05) is 18.0 Å². The summed E-state index contributed by atoms with van der Waals surface area (Å²) in [4.78, 5) is 33.4. The van der Waals surface area contributed by atoms with Crippen molar-refractivity contribution in [1.82, 2.24) is 24.9 Å². The van der Waals surface area contributed by atoms with Gasteiger partial charge in [0.05, 0.1) is 11.9 Å². The third kappa shape index (κ3) is 2.94. The van der Waals surface area contributed by atoms with Gasteiger partial charge >= 0.3 is 0 Å². The van der Waals surface area contributed by atoms with Crippen molar-refractivity contribution in [3.05, 3.63) is 57.8 Å². The molecule has 3 aromatic heterocycles. The quantitative estimate of drug-likeness (QED) is 0.734. The first-order valence-electron chi connectivity index (χ1n) is 8.58. The molecule has 0 unspecified atom stereocenters. The highest BCUT2D eigenvalue weighted by Gasteiger charge is 2.26. The molecule has 0 saturated carbocycles. The first kappa shape index (κ1) is 16.3. The predicted octanol–water partition coefficient (Wildman–Crippen LogP) is 1.04. The number of hydrogen-bond acceptors (Lipinski definition) is 5. The minimum Gasteiger partial charge on any atom is -0.353 e. The standard InChI is InChI=1S/C18H20N6O2/c1-11-3-4-14(17(25)20-11)18(26)21-13-7-8-23(10-13)16-6-5-15-19-9-12(2)24(15)22-16/h3-6,9,13H,7-8,10H2,1-2H3,(H,20,25)(H,21,26)/t13-/m0/s1. The lowest BCUT2D eigenvalue weighted by atomic mass is 10.2. The first-order chi connectivity index (χ1) is 12.5. The summed E-state index contributed by atoms with van der Waals surface area (Å²) in [6.07, 6.45) is 2.59. The molecule has 8 nitrogen and oxygen atoms in total. The van der Waals surface area contributed by atoms with Crippen LogP contribution < -0.4 is 15.8 Å². The summed E-state index contributed by atoms with van der Waals surface area (Å²) >= 11 is 0. The summed E-state index contributed by atoms with van der Waals surface area (Å²) in [6.45, 7) is 5.19. The second-order valence-electron chi connectivity index (χ2n) is 6.65. The van der Waals surface area contributed by atoms with E-state index in [4.69, 9.17) is 0 Å². The van der Waals surface area contributed by atoms with Gasteiger partial charge in [0.2, 0.25) is 0 Å². The highest BCUT2D eigenvalue weighted by Crippen LogP contribution is 2.19. The molecule has 4 rings (SSSR count). The van der Waals surface area contributed by atoms with Gasteiger partial charge in [0.1, 0.15) is 11.4 Å². The zero-order valence-corrected chi connectivity index (χ0v) is 14.7. The lowest BCUT2D eigenvalue weighted by molar-refractivity contribution is 0.0939. The number of rotatable bonds is 3. The van der Waals surface area contributed by atoms with Gasteiger partial charge < -0.3 is 15.2 Å². The highest BCUT2D eigenvalue weighted by atomic mass is 16.2. The van der Waals surface area contributed by atoms with E-state index in [9.17, 15) is 9.59 Å². The molecule has 0 spiro atoms. The van der Waals surface area contributed by atoms with Crippen molar-refractivity contribution in [1.29, 1.82) is 0 Å². The lowest BCUT2D eigenvalue weighted by Gasteiger charge is -2.18. The summed E-state index contributed by atoms with van der Waals surface area (Å²) in [5, 5.41) is 7.58. The lowest BCUT2D eigenvalue weighted by Crippen LogP contribution is -2.39. The Kier molecular flexibility index (Phi) is 3.95. The van der Waals surface area contributed by atoms with Crippen molar-refractivity contribution < 1.29 is 4.79 Å². The van der Waals surface area contributed by atoms with Crippen molar-refractivity contribution in [2.45, 2.75) is 26.3 Å². The van der Waals surface area contributed by atoms with Gasteiger partial charge in [-0.3, -0.25) is 9.59 Å². The molecular formula is C18H20N6O2. The summed E-state index contributed by atoms with van der Waals surface area (Å²) < 4.78 is 1.81. The Morgan fingerprint density at radius 3 is 2.92 bits per heavy atom. The Bertz CT molecular complexity index is 1040. The summed E-state index contributed by atoms with van der Waals surface area (Å²) in [5.74, 6) is 0.510. The number of aromatic amines is 1. The molecule has 0 aromatic carbocycles. The third-order valence-corrected chi connectivity index (χ3v) is 4.67. The van der Waals surface area contributed by atoms with Gasteiger partial charge in [0, 0.05) is 24.8 Å². The number of H-pyrrole nitrogens is 1. The molecular weight excluding hydrogens is 332 g/mol. The molecule has 2 N–H and O–H groups in total. The van der Waals surface area contributed by atoms with Gasteiger partial charge in [-0.25, -0.2) is 9.50 Å². The van der Waals surface area contributed by atoms with Crippen LogP contribution in [0.1, 0.15) is 28.2 Å². The highest BCUT2D eigenvalue weighted by molar-refractivity contribution is 5.94. The molecule has 8 heteroatoms. The molecule has 134 valence electrons. The Balaban J connectivity index is 1.46. The molecule has 1 fully saturated rings. The average molecular weight is 352 g/mol. The molecule has 0 aliphatic carbocycles. The molecule has 1 saturated heterocycles. The number of amides is 1. The van der Waals surface area contributed by atoms with Crippen LogP contribution in [0.15, 0.2) is 35.3 Å². The van der Waals surface area contributed by atoms with Gasteiger partial charge in [-0.05, 0) is 44.5 Å². The number of carbonyl (C=O) groups is 1. The average Bonchev–Trinajstić information content (AvgIpc) is 3.21. The predicted molar refractivity (Wildman–Crippen MR) is 97.6 cm³/mol. The molecule has 1 atom stereocenters. The largest absolute Gasteiger partial charge is 0.353 e. The van der Waals surface area contributed by atoms with Crippen LogP contribution in [0.3, 0.4) is 0 Å². The number of anilines is 1. The van der Waals surface area contributed by atoms with Crippen LogP contribution in [0, 0.1) is 13.8 Å². The number of nitrogens with zero attached hydrogens (tertiary/aromatic N) is 4. The van der Waals surface area contributed by atoms with Crippen LogP contribution in [-0.2, 0) is 0 Å². The maximum atomic E-state index is 12.4. The molecule has 1 aliphatic heterocycles. The number of nitrogens with one attached hydrogen (secondary N) is 2. The van der Waals surface area contributed by atoms with Crippen molar-refractivity contribution in [2.24, 2.45) is 0 Å². The van der Waals surface area contributed by atoms with Gasteiger partial charge in [0.25, 0.3) is 11.5 Å². The summed E-state index contributed by atoms with van der Waals surface area (Å²) in [5.41, 5.74) is 2.30. The van der Waals surface area contributed by atoms with E-state index in [2.05, 4.69) is 25.3 Å². The molecule has 0 bridgehead atoms. The van der Waals surface area contributed by atoms with E-state index in [1.165, 1.54) is 0 Å². The van der Waals surface area contributed by atoms with E-state index in [0.717, 1.165) is 35.8 Å². The Hall–Kier alpha value is -3.16. The first-order valence-corrected chi connectivity index (χ1v) is 8.58. The molecule has 1 aliphatic rings. The number of aryl methyl sites for hydroxylation is 2. The maximum absolute atomic E-state index is 12.4. The number of carbonyl (C=O) groups excluding carboxylic acids is 1. The number of hydrogen-bond donors (Lipinski definition) is 2. The maximum Gasteiger partial charge on any atom is 0.260 e. The summed E-state index contributed by atoms with van der Waals surface area (Å²) in [7, 11) is 0. The second-order valence-corrected chi connectivity index (χ2v) is 6.65. The molecule has 1 amide bonds. The van der Waals surface area contributed by atoms with Crippen LogP contribution in [-0.4, -0.2) is 44.6 Å². The molecule has 3 aromatic rings. The Morgan fingerprint density at radius 1 is 1.27 bits per heavy atom. The van der Waals surface area contributed by atoms with Crippen LogP contribution in [0.5, 0.6) is 0 Å². The number of fused-ring (bicyclic) bond motifs is 1. The number of aromatic nitrogens is 4. The third-order valence-electron chi connectivity index (χ3n) is 4.67. The monoisotopic (exact) mass is 352 g/mol. The SMILES string of the molecule is Cc1ccc(C(=O)N[C@H]2CCN(c3ccc4ncc(C)n4n3)C2)c(=O)[nH]1. The summed E-state index contributed by atoms with van der Waals surface area (Å²) in [6, 6.07) is 7.14. The van der Waals surface area contributed by atoms with E-state index < -0.39 is 0 Å². The van der Waals surface area contributed by atoms with E-state index in [1.807, 2.05) is 23.6 Å². The van der Waals surface area contributed by atoms with E-state index in [0.29, 0.717) is 6.54 Å². The molecule has 0 radical (unpaired) electrons. The van der Waals surface area contributed by atoms with Crippen LogP contribution in [0.2, 0.25) is 0 Å². The Morgan fingerprint density at radius 2 is 2.12 bits per heavy atom. The van der Waals surface area contributed by atoms with Crippen LogP contribution in [0.25, 0.3) is 5.65 Å². The van der Waals surface area contributed by atoms with Gasteiger partial charge in [-0.1, -0.05) is 0 Å². The fourth-order valence-electron chi connectivity index (χ4n) is 3.25. The minimum absolute atomic E-state index is 0.0235. The molecule has 26 heavy (non-hydrogen) atoms. The fourth-order valence-corrected chi connectivity index (χ4v) is 3.25. The van der Waals surface area contributed by atoms with E-state index in [-0.39, 0.29) is 23.1 Å². The zero-order chi connectivity index (χ0) is 18.3. The van der Waals surface area contributed by atoms with Crippen molar-refractivity contribution in [3.8, 4) is 0 Å². The topological polar surface area (TPSA) is 95.4 Å². The van der Waals surface area contributed by atoms with Gasteiger partial charge in [-0.15, -0.1) is 5.10 Å². The minimum atomic E-state index is -0.361. The van der Waals surface area contributed by atoms with Crippen molar-refractivity contribution >= 4 is 17.4 Å². The molecule has 4 heterocycles. The van der Waals surface area contributed by atoms with Gasteiger partial charge in [-0.2, -0.15) is 0 Å². The zero-order valence-electron chi connectivity index (χ0n) is 14.7. The van der Waals surface area contributed by atoms with Crippen molar-refractivity contribution in [3.63, 3.8) is 0 Å². The number of pyridine rings is 1. The smallest absolute Gasteiger partial charge is 0.260 e. The fraction of sp³-hybridized carbons (Fsp3) is 0.333. The number of imidazole rings is 1. The Labute approximate surface area is 149 Å².